The number of hydrogen-bond donors (Lipinski definition) is 1. The summed E-state index contributed by atoms with van der Waals surface area (Å²) in [6, 6.07) is 3.57. The van der Waals surface area contributed by atoms with Gasteiger partial charge in [-0.1, -0.05) is 0 Å². The number of fused-ring (bicyclic) bond motifs is 1. The third-order valence-electron chi connectivity index (χ3n) is 2.15. The summed E-state index contributed by atoms with van der Waals surface area (Å²) in [6.07, 6.45) is 3.79. The van der Waals surface area contributed by atoms with Gasteiger partial charge in [0, 0.05) is 10.7 Å². The fraction of sp³-hybridized carbons (Fsp3) is 0.200. The molecule has 0 aliphatic carbocycles. The maximum absolute atomic E-state index is 11.0. The van der Waals surface area contributed by atoms with Crippen molar-refractivity contribution in [2.45, 2.75) is 5.75 Å². The van der Waals surface area contributed by atoms with Crippen LogP contribution in [0.1, 0.15) is 16.3 Å². The number of carboxylic acids is 1. The molecular weight excluding hydrogens is 292 g/mol. The van der Waals surface area contributed by atoms with Gasteiger partial charge in [-0.2, -0.15) is 11.8 Å². The topological polar surface area (TPSA) is 54.6 Å². The standard InChI is InChI=1S/C10H9BrN2O2S/c1-16-5-8-12-9(10(14)15)7-3-2-6(11)4-13(7)8/h2-4H,5H2,1H3,(H,14,15). The first-order chi connectivity index (χ1) is 7.63. The summed E-state index contributed by atoms with van der Waals surface area (Å²) in [6.45, 7) is 0. The minimum Gasteiger partial charge on any atom is -0.476 e. The smallest absolute Gasteiger partial charge is 0.356 e. The molecule has 0 saturated heterocycles. The van der Waals surface area contributed by atoms with Crippen molar-refractivity contribution < 1.29 is 9.90 Å². The summed E-state index contributed by atoms with van der Waals surface area (Å²) in [5.74, 6) is 0.443. The number of hydrogen-bond acceptors (Lipinski definition) is 3. The van der Waals surface area contributed by atoms with Crippen molar-refractivity contribution >= 4 is 39.2 Å². The lowest BCUT2D eigenvalue weighted by molar-refractivity contribution is 0.0693. The van der Waals surface area contributed by atoms with E-state index in [4.69, 9.17) is 5.11 Å². The Balaban J connectivity index is 2.71. The number of carbonyl (C=O) groups is 1. The number of imidazole rings is 1. The molecule has 0 amide bonds. The van der Waals surface area contributed by atoms with E-state index in [1.807, 2.05) is 22.9 Å². The second-order valence-corrected chi connectivity index (χ2v) is 5.00. The molecule has 84 valence electrons. The van der Waals surface area contributed by atoms with Crippen LogP contribution in [0, 0.1) is 0 Å². The molecule has 4 nitrogen and oxygen atoms in total. The predicted octanol–water partition coefficient (Wildman–Crippen LogP) is 2.66. The molecule has 6 heteroatoms. The minimum absolute atomic E-state index is 0.108. The van der Waals surface area contributed by atoms with Gasteiger partial charge in [-0.15, -0.1) is 0 Å². The molecule has 0 aromatic carbocycles. The van der Waals surface area contributed by atoms with Gasteiger partial charge in [0.1, 0.15) is 5.82 Å². The van der Waals surface area contributed by atoms with Crippen LogP contribution in [0.4, 0.5) is 0 Å². The van der Waals surface area contributed by atoms with Crippen LogP contribution in [-0.4, -0.2) is 26.7 Å². The Morgan fingerprint density at radius 1 is 1.62 bits per heavy atom. The monoisotopic (exact) mass is 300 g/mol. The zero-order chi connectivity index (χ0) is 11.7. The maximum Gasteiger partial charge on any atom is 0.356 e. The average molecular weight is 301 g/mol. The lowest BCUT2D eigenvalue weighted by Crippen LogP contribution is -1.97. The Bertz CT molecular complexity index is 553. The summed E-state index contributed by atoms with van der Waals surface area (Å²) in [4.78, 5) is 15.2. The van der Waals surface area contributed by atoms with Gasteiger partial charge < -0.3 is 9.51 Å². The molecule has 0 atom stereocenters. The fourth-order valence-corrected chi connectivity index (χ4v) is 2.31. The first-order valence-electron chi connectivity index (χ1n) is 4.52. The van der Waals surface area contributed by atoms with Crippen molar-refractivity contribution in [3.63, 3.8) is 0 Å². The van der Waals surface area contributed by atoms with Gasteiger partial charge in [0.25, 0.3) is 0 Å². The van der Waals surface area contributed by atoms with Gasteiger partial charge in [-0.3, -0.25) is 0 Å². The summed E-state index contributed by atoms with van der Waals surface area (Å²) >= 11 is 4.97. The third-order valence-corrected chi connectivity index (χ3v) is 3.17. The van der Waals surface area contributed by atoms with E-state index in [9.17, 15) is 4.79 Å². The van der Waals surface area contributed by atoms with Gasteiger partial charge in [0.2, 0.25) is 0 Å². The van der Waals surface area contributed by atoms with Crippen LogP contribution >= 0.6 is 27.7 Å². The molecule has 2 aromatic heterocycles. The molecule has 0 spiro atoms. The lowest BCUT2D eigenvalue weighted by Gasteiger charge is -1.99. The Morgan fingerprint density at radius 2 is 2.38 bits per heavy atom. The third kappa shape index (κ3) is 1.94. The van der Waals surface area contributed by atoms with E-state index in [1.165, 1.54) is 0 Å². The Labute approximate surface area is 105 Å². The minimum atomic E-state index is -0.993. The SMILES string of the molecule is CSCc1nc(C(=O)O)c2ccc(Br)cn12. The summed E-state index contributed by atoms with van der Waals surface area (Å²) < 4.78 is 2.71. The Kier molecular flexibility index (Phi) is 3.20. The highest BCUT2D eigenvalue weighted by molar-refractivity contribution is 9.10. The van der Waals surface area contributed by atoms with Crippen LogP contribution < -0.4 is 0 Å². The van der Waals surface area contributed by atoms with Gasteiger partial charge in [0.05, 0.1) is 11.3 Å². The number of aromatic nitrogens is 2. The number of rotatable bonds is 3. The second kappa shape index (κ2) is 4.47. The molecule has 2 aromatic rings. The van der Waals surface area contributed by atoms with Crippen LogP contribution in [0.15, 0.2) is 22.8 Å². The number of carboxylic acid groups (broad SMARTS) is 1. The van der Waals surface area contributed by atoms with Crippen LogP contribution in [-0.2, 0) is 5.75 Å². The first kappa shape index (κ1) is 11.5. The Morgan fingerprint density at radius 3 is 3.00 bits per heavy atom. The van der Waals surface area contributed by atoms with Crippen molar-refractivity contribution in [1.29, 1.82) is 0 Å². The molecule has 0 aliphatic rings. The molecule has 16 heavy (non-hydrogen) atoms. The van der Waals surface area contributed by atoms with E-state index in [2.05, 4.69) is 20.9 Å². The van der Waals surface area contributed by atoms with Crippen LogP contribution in [0.25, 0.3) is 5.52 Å². The van der Waals surface area contributed by atoms with Crippen molar-refractivity contribution in [3.8, 4) is 0 Å². The molecule has 0 unspecified atom stereocenters. The molecule has 0 saturated carbocycles. The first-order valence-corrected chi connectivity index (χ1v) is 6.71. The van der Waals surface area contributed by atoms with Crippen molar-refractivity contribution in [1.82, 2.24) is 9.38 Å². The van der Waals surface area contributed by atoms with Gasteiger partial charge in [0.15, 0.2) is 5.69 Å². The summed E-state index contributed by atoms with van der Waals surface area (Å²) in [5, 5.41) is 9.04. The molecular formula is C10H9BrN2O2S. The molecule has 1 N–H and O–H groups in total. The van der Waals surface area contributed by atoms with Crippen LogP contribution in [0.2, 0.25) is 0 Å². The normalized spacial score (nSPS) is 10.9. The van der Waals surface area contributed by atoms with Crippen LogP contribution in [0.3, 0.4) is 0 Å². The van der Waals surface area contributed by atoms with Gasteiger partial charge >= 0.3 is 5.97 Å². The number of thioether (sulfide) groups is 1. The average Bonchev–Trinajstić information content (AvgIpc) is 2.58. The molecule has 2 heterocycles. The molecule has 0 aliphatic heterocycles. The van der Waals surface area contributed by atoms with Crippen molar-refractivity contribution in [3.05, 3.63) is 34.3 Å². The van der Waals surface area contributed by atoms with Gasteiger partial charge in [-0.05, 0) is 34.3 Å². The number of halogens is 1. The van der Waals surface area contributed by atoms with Crippen molar-refractivity contribution in [2.75, 3.05) is 6.26 Å². The largest absolute Gasteiger partial charge is 0.476 e. The maximum atomic E-state index is 11.0. The lowest BCUT2D eigenvalue weighted by atomic mass is 10.3. The highest BCUT2D eigenvalue weighted by atomic mass is 79.9. The highest BCUT2D eigenvalue weighted by Gasteiger charge is 2.16. The zero-order valence-corrected chi connectivity index (χ0v) is 10.9. The summed E-state index contributed by atoms with van der Waals surface area (Å²) in [5.41, 5.74) is 0.733. The zero-order valence-electron chi connectivity index (χ0n) is 8.48. The van der Waals surface area contributed by atoms with E-state index in [-0.39, 0.29) is 5.69 Å². The molecule has 0 bridgehead atoms. The second-order valence-electron chi connectivity index (χ2n) is 3.22. The molecule has 0 fully saturated rings. The van der Waals surface area contributed by atoms with Crippen LogP contribution in [0.5, 0.6) is 0 Å². The van der Waals surface area contributed by atoms with Crippen molar-refractivity contribution in [2.24, 2.45) is 0 Å². The van der Waals surface area contributed by atoms with E-state index in [1.54, 1.807) is 17.8 Å². The van der Waals surface area contributed by atoms with E-state index >= 15 is 0 Å². The molecule has 0 radical (unpaired) electrons. The van der Waals surface area contributed by atoms with E-state index in [0.29, 0.717) is 11.3 Å². The quantitative estimate of drug-likeness (QED) is 0.947. The highest BCUT2D eigenvalue weighted by Crippen LogP contribution is 2.20. The summed E-state index contributed by atoms with van der Waals surface area (Å²) in [7, 11) is 0. The van der Waals surface area contributed by atoms with E-state index < -0.39 is 5.97 Å². The number of pyridine rings is 1. The fourth-order valence-electron chi connectivity index (χ4n) is 1.51. The Hall–Kier alpha value is -1.01. The molecule has 2 rings (SSSR count). The van der Waals surface area contributed by atoms with Gasteiger partial charge in [-0.25, -0.2) is 9.78 Å². The number of aromatic carboxylic acids is 1. The predicted molar refractivity (Wildman–Crippen MR) is 67.1 cm³/mol. The number of nitrogens with zero attached hydrogens (tertiary/aromatic N) is 2. The van der Waals surface area contributed by atoms with E-state index in [0.717, 1.165) is 10.3 Å².